The summed E-state index contributed by atoms with van der Waals surface area (Å²) < 4.78 is 5.61. The Balaban J connectivity index is 1.45. The largest absolute Gasteiger partial charge is 0.379 e. The lowest BCUT2D eigenvalue weighted by atomic mass is 9.95. The second-order valence-corrected chi connectivity index (χ2v) is 6.74. The van der Waals surface area contributed by atoms with Crippen molar-refractivity contribution in [2.45, 2.75) is 19.4 Å². The third kappa shape index (κ3) is 4.75. The minimum atomic E-state index is 0.114. The molecule has 6 nitrogen and oxygen atoms in total. The first-order valence-electron chi connectivity index (χ1n) is 8.95. The first-order chi connectivity index (χ1) is 11.7. The molecule has 0 bridgehead atoms. The van der Waals surface area contributed by atoms with Crippen LogP contribution in [0, 0.1) is 5.92 Å². The Morgan fingerprint density at radius 2 is 1.92 bits per heavy atom. The monoisotopic (exact) mass is 332 g/mol. The Morgan fingerprint density at radius 3 is 2.62 bits per heavy atom. The highest BCUT2D eigenvalue weighted by molar-refractivity contribution is 5.78. The van der Waals surface area contributed by atoms with Crippen molar-refractivity contribution >= 4 is 5.91 Å². The third-order valence-corrected chi connectivity index (χ3v) is 5.07. The number of hydrogen-bond acceptors (Lipinski definition) is 5. The summed E-state index contributed by atoms with van der Waals surface area (Å²) in [6, 6.07) is 4.18. The third-order valence-electron chi connectivity index (χ3n) is 5.07. The number of rotatable bonds is 6. The van der Waals surface area contributed by atoms with Gasteiger partial charge >= 0.3 is 0 Å². The summed E-state index contributed by atoms with van der Waals surface area (Å²) in [4.78, 5) is 21.1. The van der Waals surface area contributed by atoms with Crippen molar-refractivity contribution in [2.75, 3.05) is 52.5 Å². The molecule has 3 heterocycles. The molecule has 2 aliphatic heterocycles. The number of likely N-dealkylation sites (N-methyl/N-ethyl adjacent to an activating group) is 1. The maximum absolute atomic E-state index is 12.4. The summed E-state index contributed by atoms with van der Waals surface area (Å²) in [7, 11) is 0. The number of amides is 1. The molecule has 1 amide bonds. The molecule has 1 aromatic rings. The number of hydrogen-bond donors (Lipinski definition) is 1. The first kappa shape index (κ1) is 17.3. The Labute approximate surface area is 144 Å². The molecule has 0 aliphatic carbocycles. The van der Waals surface area contributed by atoms with Gasteiger partial charge in [-0.05, 0) is 30.7 Å². The molecule has 1 N–H and O–H groups in total. The molecular weight excluding hydrogens is 304 g/mol. The van der Waals surface area contributed by atoms with Crippen LogP contribution < -0.4 is 5.32 Å². The van der Waals surface area contributed by atoms with E-state index in [2.05, 4.69) is 27.0 Å². The Morgan fingerprint density at radius 1 is 1.21 bits per heavy atom. The molecule has 1 aromatic heterocycles. The minimum Gasteiger partial charge on any atom is -0.379 e. The number of piperazine rings is 1. The van der Waals surface area contributed by atoms with Gasteiger partial charge in [-0.1, -0.05) is 6.92 Å². The van der Waals surface area contributed by atoms with Crippen molar-refractivity contribution < 1.29 is 9.53 Å². The van der Waals surface area contributed by atoms with Crippen LogP contribution in [0.4, 0.5) is 0 Å². The SMILES string of the molecule is CCN1CCN(CC(=O)N[C@H]2COC[C@H]2Cc2ccncc2)CC1. The molecule has 2 atom stereocenters. The lowest BCUT2D eigenvalue weighted by Gasteiger charge is -2.33. The molecule has 132 valence electrons. The van der Waals surface area contributed by atoms with Crippen LogP contribution in [0.25, 0.3) is 0 Å². The maximum Gasteiger partial charge on any atom is 0.234 e. The lowest BCUT2D eigenvalue weighted by Crippen LogP contribution is -2.51. The molecule has 0 radical (unpaired) electrons. The number of aromatic nitrogens is 1. The predicted molar refractivity (Wildman–Crippen MR) is 92.7 cm³/mol. The molecule has 0 aromatic carbocycles. The van der Waals surface area contributed by atoms with E-state index in [9.17, 15) is 4.79 Å². The normalized spacial score (nSPS) is 25.7. The zero-order valence-corrected chi connectivity index (χ0v) is 14.5. The Kier molecular flexibility index (Phi) is 6.18. The van der Waals surface area contributed by atoms with Gasteiger partial charge < -0.3 is 15.0 Å². The fourth-order valence-electron chi connectivity index (χ4n) is 3.50. The minimum absolute atomic E-state index is 0.114. The molecule has 24 heavy (non-hydrogen) atoms. The van der Waals surface area contributed by atoms with Crippen LogP contribution in [0.3, 0.4) is 0 Å². The molecule has 0 saturated carbocycles. The van der Waals surface area contributed by atoms with Crippen LogP contribution in [0.5, 0.6) is 0 Å². The molecule has 2 saturated heterocycles. The van der Waals surface area contributed by atoms with Gasteiger partial charge in [-0.2, -0.15) is 0 Å². The highest BCUT2D eigenvalue weighted by Gasteiger charge is 2.30. The molecule has 3 rings (SSSR count). The second-order valence-electron chi connectivity index (χ2n) is 6.74. The summed E-state index contributed by atoms with van der Waals surface area (Å²) in [5, 5.41) is 3.19. The van der Waals surface area contributed by atoms with Crippen molar-refractivity contribution in [1.82, 2.24) is 20.1 Å². The van der Waals surface area contributed by atoms with Crippen molar-refractivity contribution in [3.8, 4) is 0 Å². The van der Waals surface area contributed by atoms with E-state index in [4.69, 9.17) is 4.74 Å². The number of carbonyl (C=O) groups is 1. The molecule has 2 fully saturated rings. The summed E-state index contributed by atoms with van der Waals surface area (Å²) >= 11 is 0. The first-order valence-corrected chi connectivity index (χ1v) is 8.95. The zero-order chi connectivity index (χ0) is 16.8. The van der Waals surface area contributed by atoms with Crippen LogP contribution >= 0.6 is 0 Å². The number of nitrogens with zero attached hydrogens (tertiary/aromatic N) is 3. The Hall–Kier alpha value is -1.50. The number of carbonyl (C=O) groups excluding carboxylic acids is 1. The van der Waals surface area contributed by atoms with E-state index in [1.165, 1.54) is 5.56 Å². The van der Waals surface area contributed by atoms with Crippen LogP contribution in [-0.4, -0.2) is 79.2 Å². The summed E-state index contributed by atoms with van der Waals surface area (Å²) in [6.07, 6.45) is 4.55. The molecule has 0 spiro atoms. The molecule has 2 aliphatic rings. The molecular formula is C18H28N4O2. The smallest absolute Gasteiger partial charge is 0.234 e. The van der Waals surface area contributed by atoms with E-state index < -0.39 is 0 Å². The highest BCUT2D eigenvalue weighted by Crippen LogP contribution is 2.19. The fraction of sp³-hybridized carbons (Fsp3) is 0.667. The van der Waals surface area contributed by atoms with Gasteiger partial charge in [-0.3, -0.25) is 14.7 Å². The van der Waals surface area contributed by atoms with Crippen LogP contribution in [-0.2, 0) is 16.0 Å². The quantitative estimate of drug-likeness (QED) is 0.817. The average Bonchev–Trinajstić information content (AvgIpc) is 3.03. The van der Waals surface area contributed by atoms with Gasteiger partial charge in [0, 0.05) is 44.5 Å². The van der Waals surface area contributed by atoms with Gasteiger partial charge in [0.1, 0.15) is 0 Å². The highest BCUT2D eigenvalue weighted by atomic mass is 16.5. The second kappa shape index (κ2) is 8.55. The van der Waals surface area contributed by atoms with E-state index in [1.54, 1.807) is 0 Å². The van der Waals surface area contributed by atoms with Gasteiger partial charge in [-0.25, -0.2) is 0 Å². The molecule has 0 unspecified atom stereocenters. The lowest BCUT2D eigenvalue weighted by molar-refractivity contribution is -0.123. The average molecular weight is 332 g/mol. The topological polar surface area (TPSA) is 57.7 Å². The van der Waals surface area contributed by atoms with Crippen LogP contribution in [0.2, 0.25) is 0 Å². The van der Waals surface area contributed by atoms with Gasteiger partial charge in [0.2, 0.25) is 5.91 Å². The fourth-order valence-corrected chi connectivity index (χ4v) is 3.50. The number of pyridine rings is 1. The van der Waals surface area contributed by atoms with Crippen LogP contribution in [0.1, 0.15) is 12.5 Å². The van der Waals surface area contributed by atoms with Crippen LogP contribution in [0.15, 0.2) is 24.5 Å². The van der Waals surface area contributed by atoms with Gasteiger partial charge in [-0.15, -0.1) is 0 Å². The van der Waals surface area contributed by atoms with Crippen molar-refractivity contribution in [3.63, 3.8) is 0 Å². The Bertz CT molecular complexity index is 517. The zero-order valence-electron chi connectivity index (χ0n) is 14.5. The molecule has 6 heteroatoms. The standard InChI is InChI=1S/C18H28N4O2/c1-2-21-7-9-22(10-8-21)12-18(23)20-17-14-24-13-16(17)11-15-3-5-19-6-4-15/h3-6,16-17H,2,7-14H2,1H3,(H,20,23)/t16-,17+/m1/s1. The van der Waals surface area contributed by atoms with Crippen molar-refractivity contribution in [2.24, 2.45) is 5.92 Å². The summed E-state index contributed by atoms with van der Waals surface area (Å²) in [5.41, 5.74) is 1.25. The van der Waals surface area contributed by atoms with E-state index in [0.717, 1.165) is 39.1 Å². The van der Waals surface area contributed by atoms with Crippen molar-refractivity contribution in [3.05, 3.63) is 30.1 Å². The van der Waals surface area contributed by atoms with E-state index in [1.807, 2.05) is 24.5 Å². The van der Waals surface area contributed by atoms with Gasteiger partial charge in [0.05, 0.1) is 25.8 Å². The van der Waals surface area contributed by atoms with Gasteiger partial charge in [0.15, 0.2) is 0 Å². The van der Waals surface area contributed by atoms with E-state index in [-0.39, 0.29) is 11.9 Å². The van der Waals surface area contributed by atoms with E-state index >= 15 is 0 Å². The number of nitrogens with one attached hydrogen (secondary N) is 1. The maximum atomic E-state index is 12.4. The summed E-state index contributed by atoms with van der Waals surface area (Å²) in [6.45, 7) is 9.17. The number of ether oxygens (including phenoxy) is 1. The summed E-state index contributed by atoms with van der Waals surface area (Å²) in [5.74, 6) is 0.462. The van der Waals surface area contributed by atoms with E-state index in [0.29, 0.717) is 25.7 Å². The predicted octanol–water partition coefficient (Wildman–Crippen LogP) is 0.393. The van der Waals surface area contributed by atoms with Crippen molar-refractivity contribution in [1.29, 1.82) is 0 Å². The van der Waals surface area contributed by atoms with Gasteiger partial charge in [0.25, 0.3) is 0 Å².